The number of imidazole rings is 1. The first-order valence-corrected chi connectivity index (χ1v) is 10.6. The highest BCUT2D eigenvalue weighted by molar-refractivity contribution is 9.10. The Balaban J connectivity index is 1.83. The zero-order valence-corrected chi connectivity index (χ0v) is 17.8. The summed E-state index contributed by atoms with van der Waals surface area (Å²) in [5, 5.41) is 0. The van der Waals surface area contributed by atoms with E-state index in [0.717, 1.165) is 45.1 Å². The van der Waals surface area contributed by atoms with Crippen molar-refractivity contribution in [1.82, 2.24) is 14.5 Å². The first kappa shape index (κ1) is 18.7. The molecule has 1 aliphatic heterocycles. The molecule has 4 nitrogen and oxygen atoms in total. The van der Waals surface area contributed by atoms with Crippen molar-refractivity contribution in [3.8, 4) is 28.5 Å². The lowest BCUT2D eigenvalue weighted by atomic mass is 10.0. The highest BCUT2D eigenvalue weighted by Gasteiger charge is 2.26. The number of aromatic nitrogens is 3. The Kier molecular flexibility index (Phi) is 5.11. The smallest absolute Gasteiger partial charge is 0.145 e. The molecule has 0 aliphatic carbocycles. The number of hydrogen-bond acceptors (Lipinski definition) is 3. The lowest BCUT2D eigenvalue weighted by Gasteiger charge is -2.15. The van der Waals surface area contributed by atoms with Crippen LogP contribution in [0.1, 0.15) is 18.2 Å². The van der Waals surface area contributed by atoms with E-state index >= 15 is 0 Å². The summed E-state index contributed by atoms with van der Waals surface area (Å²) in [6.07, 6.45) is 8.63. The third-order valence-electron chi connectivity index (χ3n) is 5.09. The fourth-order valence-electron chi connectivity index (χ4n) is 3.71. The summed E-state index contributed by atoms with van der Waals surface area (Å²) in [5.74, 6) is 0.887. The molecule has 0 fully saturated rings. The average molecular weight is 455 g/mol. The maximum Gasteiger partial charge on any atom is 0.145 e. The van der Waals surface area contributed by atoms with Crippen LogP contribution in [0.2, 0.25) is 0 Å². The molecular weight excluding hydrogens is 436 g/mol. The fourth-order valence-corrected chi connectivity index (χ4v) is 3.97. The standard InChI is InChI=1S/C25H19BrN4/c26-19-12-14-20(15-13-19)30-24(22-11-5-7-17-28-22)23(21-10-4-6-16-27-21)29-25(30)18-8-2-1-3-9-18/h1-9,11-17,21H,10H2. The quantitative estimate of drug-likeness (QED) is 0.356. The number of dihydropyridines is 1. The number of aliphatic imine (C=N–C) groups is 1. The molecule has 5 rings (SSSR count). The molecule has 30 heavy (non-hydrogen) atoms. The Bertz CT molecular complexity index is 1210. The molecule has 0 saturated carbocycles. The van der Waals surface area contributed by atoms with Gasteiger partial charge in [0, 0.05) is 28.1 Å². The van der Waals surface area contributed by atoms with E-state index < -0.39 is 0 Å². The number of nitrogens with zero attached hydrogens (tertiary/aromatic N) is 4. The molecule has 1 aliphatic rings. The zero-order valence-electron chi connectivity index (χ0n) is 16.2. The highest BCUT2D eigenvalue weighted by atomic mass is 79.9. The SMILES string of the molecule is Brc1ccc(-n2c(-c3ccccc3)nc(C3CC=CC=N3)c2-c2ccccn2)cc1. The molecule has 0 saturated heterocycles. The van der Waals surface area contributed by atoms with E-state index in [1.807, 2.05) is 67.0 Å². The molecule has 3 heterocycles. The van der Waals surface area contributed by atoms with E-state index in [-0.39, 0.29) is 6.04 Å². The lowest BCUT2D eigenvalue weighted by molar-refractivity contribution is 0.720. The van der Waals surface area contributed by atoms with Crippen LogP contribution in [0.25, 0.3) is 28.5 Å². The van der Waals surface area contributed by atoms with Gasteiger partial charge in [0.15, 0.2) is 0 Å². The average Bonchev–Trinajstić information content (AvgIpc) is 3.22. The summed E-state index contributed by atoms with van der Waals surface area (Å²) in [5.41, 5.74) is 4.89. The van der Waals surface area contributed by atoms with Crippen molar-refractivity contribution < 1.29 is 0 Å². The second kappa shape index (κ2) is 8.20. The highest BCUT2D eigenvalue weighted by Crippen LogP contribution is 2.38. The summed E-state index contributed by atoms with van der Waals surface area (Å²) in [6, 6.07) is 24.5. The van der Waals surface area contributed by atoms with Crippen molar-refractivity contribution in [3.63, 3.8) is 0 Å². The van der Waals surface area contributed by atoms with Crippen molar-refractivity contribution in [2.45, 2.75) is 12.5 Å². The monoisotopic (exact) mass is 454 g/mol. The number of allylic oxidation sites excluding steroid dienone is 1. The molecule has 0 N–H and O–H groups in total. The Labute approximate surface area is 183 Å². The molecule has 1 unspecified atom stereocenters. The van der Waals surface area contributed by atoms with E-state index in [1.165, 1.54) is 0 Å². The van der Waals surface area contributed by atoms with Crippen LogP contribution in [0.4, 0.5) is 0 Å². The molecule has 0 spiro atoms. The second-order valence-corrected chi connectivity index (χ2v) is 7.96. The molecule has 0 bridgehead atoms. The minimum atomic E-state index is -0.0360. The van der Waals surface area contributed by atoms with Crippen molar-refractivity contribution in [3.05, 3.63) is 101 Å². The number of halogens is 1. The van der Waals surface area contributed by atoms with Crippen LogP contribution >= 0.6 is 15.9 Å². The molecule has 4 aromatic rings. The summed E-state index contributed by atoms with van der Waals surface area (Å²) in [6.45, 7) is 0. The van der Waals surface area contributed by atoms with Crippen molar-refractivity contribution in [2.24, 2.45) is 4.99 Å². The van der Waals surface area contributed by atoms with Gasteiger partial charge in [-0.2, -0.15) is 0 Å². The minimum Gasteiger partial charge on any atom is -0.290 e. The van der Waals surface area contributed by atoms with E-state index in [0.29, 0.717) is 0 Å². The summed E-state index contributed by atoms with van der Waals surface area (Å²) >= 11 is 3.55. The summed E-state index contributed by atoms with van der Waals surface area (Å²) in [7, 11) is 0. The number of pyridine rings is 1. The van der Waals surface area contributed by atoms with Crippen molar-refractivity contribution in [1.29, 1.82) is 0 Å². The van der Waals surface area contributed by atoms with E-state index in [9.17, 15) is 0 Å². The van der Waals surface area contributed by atoms with Crippen LogP contribution in [0, 0.1) is 0 Å². The van der Waals surface area contributed by atoms with Gasteiger partial charge in [-0.05, 0) is 48.9 Å². The fraction of sp³-hybridized carbons (Fsp3) is 0.0800. The van der Waals surface area contributed by atoms with Crippen LogP contribution in [-0.2, 0) is 0 Å². The van der Waals surface area contributed by atoms with Gasteiger partial charge in [0.25, 0.3) is 0 Å². The Hall–Kier alpha value is -3.31. The van der Waals surface area contributed by atoms with E-state index in [2.05, 4.69) is 55.8 Å². The number of rotatable bonds is 4. The van der Waals surface area contributed by atoms with Gasteiger partial charge in [-0.15, -0.1) is 0 Å². The van der Waals surface area contributed by atoms with Crippen molar-refractivity contribution >= 4 is 22.1 Å². The first-order chi connectivity index (χ1) is 14.8. The van der Waals surface area contributed by atoms with Gasteiger partial charge in [-0.25, -0.2) is 4.98 Å². The van der Waals surface area contributed by atoms with Crippen LogP contribution < -0.4 is 0 Å². The third kappa shape index (κ3) is 3.53. The summed E-state index contributed by atoms with van der Waals surface area (Å²) in [4.78, 5) is 14.5. The van der Waals surface area contributed by atoms with Crippen LogP contribution in [0.3, 0.4) is 0 Å². The topological polar surface area (TPSA) is 43.1 Å². The van der Waals surface area contributed by atoms with Gasteiger partial charge in [-0.3, -0.25) is 14.5 Å². The number of benzene rings is 2. The van der Waals surface area contributed by atoms with Gasteiger partial charge in [0.05, 0.1) is 23.1 Å². The lowest BCUT2D eigenvalue weighted by Crippen LogP contribution is -2.04. The molecule has 146 valence electrons. The first-order valence-electron chi connectivity index (χ1n) is 9.85. The van der Waals surface area contributed by atoms with Crippen molar-refractivity contribution in [2.75, 3.05) is 0 Å². The largest absolute Gasteiger partial charge is 0.290 e. The van der Waals surface area contributed by atoms with Gasteiger partial charge >= 0.3 is 0 Å². The molecule has 5 heteroatoms. The van der Waals surface area contributed by atoms with Gasteiger partial charge < -0.3 is 0 Å². The molecule has 0 radical (unpaired) electrons. The molecule has 2 aromatic heterocycles. The third-order valence-corrected chi connectivity index (χ3v) is 5.62. The van der Waals surface area contributed by atoms with Gasteiger partial charge in [0.1, 0.15) is 5.82 Å². The summed E-state index contributed by atoms with van der Waals surface area (Å²) < 4.78 is 3.24. The zero-order chi connectivity index (χ0) is 20.3. The Morgan fingerprint density at radius 2 is 1.70 bits per heavy atom. The molecular formula is C25H19BrN4. The van der Waals surface area contributed by atoms with Crippen LogP contribution in [0.15, 0.2) is 101 Å². The molecule has 1 atom stereocenters. The van der Waals surface area contributed by atoms with Gasteiger partial charge in [0.2, 0.25) is 0 Å². The molecule has 0 amide bonds. The minimum absolute atomic E-state index is 0.0360. The molecule has 2 aromatic carbocycles. The Morgan fingerprint density at radius 1 is 0.900 bits per heavy atom. The van der Waals surface area contributed by atoms with E-state index in [1.54, 1.807) is 0 Å². The maximum absolute atomic E-state index is 5.14. The van der Waals surface area contributed by atoms with Crippen LogP contribution in [-0.4, -0.2) is 20.7 Å². The van der Waals surface area contributed by atoms with Gasteiger partial charge in [-0.1, -0.05) is 58.4 Å². The number of hydrogen-bond donors (Lipinski definition) is 0. The van der Waals surface area contributed by atoms with E-state index in [4.69, 9.17) is 9.98 Å². The van der Waals surface area contributed by atoms with Crippen LogP contribution in [0.5, 0.6) is 0 Å². The second-order valence-electron chi connectivity index (χ2n) is 7.04. The Morgan fingerprint density at radius 3 is 2.40 bits per heavy atom. The predicted molar refractivity (Wildman–Crippen MR) is 125 cm³/mol. The predicted octanol–water partition coefficient (Wildman–Crippen LogP) is 6.44. The normalized spacial score (nSPS) is 15.4. The maximum atomic E-state index is 5.14.